The molecule has 0 saturated carbocycles. The smallest absolute Gasteiger partial charge is 0.422 e. The van der Waals surface area contributed by atoms with E-state index < -0.39 is 24.8 Å². The van der Waals surface area contributed by atoms with Crippen molar-refractivity contribution in [1.82, 2.24) is 15.0 Å². The standard InChI is InChI=1S/C24H24F3N5O5/c1-34-20(33)18-8-7-16-12-19(18)36-10-3-2-9-35-17-6-4-5-15(11-17)13-28-21-30-22(29-16)32-23(31-21)37-14-24(25,26)27/h4-8,11-12H,2-3,9-10,13-14H2,1H3,(H2,28,29,30,31,32). The second kappa shape index (κ2) is 11.6. The van der Waals surface area contributed by atoms with Crippen molar-refractivity contribution < 1.29 is 36.9 Å². The van der Waals surface area contributed by atoms with Gasteiger partial charge in [0.25, 0.3) is 0 Å². The fraction of sp³-hybridized carbons (Fsp3) is 0.333. The van der Waals surface area contributed by atoms with Gasteiger partial charge in [-0.05, 0) is 42.7 Å². The predicted octanol–water partition coefficient (Wildman–Crippen LogP) is 4.51. The number of alkyl halides is 3. The Morgan fingerprint density at radius 1 is 1.03 bits per heavy atom. The van der Waals surface area contributed by atoms with Crippen molar-refractivity contribution in [3.8, 4) is 17.5 Å². The van der Waals surface area contributed by atoms with E-state index in [0.717, 1.165) is 12.0 Å². The number of esters is 1. The number of nitrogens with one attached hydrogen (secondary N) is 2. The van der Waals surface area contributed by atoms with Crippen molar-refractivity contribution >= 4 is 23.6 Å². The summed E-state index contributed by atoms with van der Waals surface area (Å²) < 4.78 is 59.4. The third-order valence-corrected chi connectivity index (χ3v) is 5.04. The quantitative estimate of drug-likeness (QED) is 0.479. The summed E-state index contributed by atoms with van der Waals surface area (Å²) >= 11 is 0. The molecule has 0 spiro atoms. The third kappa shape index (κ3) is 7.59. The van der Waals surface area contributed by atoms with Crippen LogP contribution in [0.2, 0.25) is 0 Å². The lowest BCUT2D eigenvalue weighted by molar-refractivity contribution is -0.154. The fourth-order valence-corrected chi connectivity index (χ4v) is 3.33. The molecular weight excluding hydrogens is 495 g/mol. The average Bonchev–Trinajstić information content (AvgIpc) is 2.87. The number of hydrogen-bond donors (Lipinski definition) is 2. The molecule has 10 nitrogen and oxygen atoms in total. The van der Waals surface area contributed by atoms with Crippen molar-refractivity contribution in [1.29, 1.82) is 0 Å². The summed E-state index contributed by atoms with van der Waals surface area (Å²) in [6.07, 6.45) is -3.19. The second-order valence-electron chi connectivity index (χ2n) is 7.90. The first-order chi connectivity index (χ1) is 17.8. The van der Waals surface area contributed by atoms with Gasteiger partial charge < -0.3 is 29.6 Å². The maximum atomic E-state index is 12.7. The molecule has 1 aromatic heterocycles. The fourth-order valence-electron chi connectivity index (χ4n) is 3.33. The molecule has 37 heavy (non-hydrogen) atoms. The summed E-state index contributed by atoms with van der Waals surface area (Å²) in [5.74, 6) is 0.248. The molecule has 2 N–H and O–H groups in total. The highest BCUT2D eigenvalue weighted by Gasteiger charge is 2.29. The lowest BCUT2D eigenvalue weighted by atomic mass is 10.2. The van der Waals surface area contributed by atoms with Gasteiger partial charge in [-0.25, -0.2) is 4.79 Å². The molecule has 4 rings (SSSR count). The van der Waals surface area contributed by atoms with Crippen LogP contribution in [0.4, 0.5) is 30.8 Å². The summed E-state index contributed by atoms with van der Waals surface area (Å²) in [6.45, 7) is -0.527. The van der Waals surface area contributed by atoms with Gasteiger partial charge in [0, 0.05) is 18.3 Å². The van der Waals surface area contributed by atoms with Crippen LogP contribution in [0.5, 0.6) is 17.5 Å². The molecule has 0 unspecified atom stereocenters. The van der Waals surface area contributed by atoms with Gasteiger partial charge in [-0.15, -0.1) is 0 Å². The van der Waals surface area contributed by atoms with Crippen LogP contribution in [0.25, 0.3) is 0 Å². The van der Waals surface area contributed by atoms with Crippen molar-refractivity contribution in [2.24, 2.45) is 0 Å². The molecule has 6 bridgehead atoms. The molecule has 2 heterocycles. The Kier molecular flexibility index (Phi) is 8.11. The Labute approximate surface area is 210 Å². The third-order valence-electron chi connectivity index (χ3n) is 5.04. The minimum absolute atomic E-state index is 0.00948. The van der Waals surface area contributed by atoms with Crippen LogP contribution in [-0.2, 0) is 11.3 Å². The molecule has 13 heteroatoms. The summed E-state index contributed by atoms with van der Waals surface area (Å²) in [7, 11) is 1.26. The largest absolute Gasteiger partial charge is 0.494 e. The monoisotopic (exact) mass is 519 g/mol. The molecule has 0 atom stereocenters. The molecule has 196 valence electrons. The zero-order valence-electron chi connectivity index (χ0n) is 19.8. The number of halogens is 3. The van der Waals surface area contributed by atoms with Crippen LogP contribution in [0, 0.1) is 0 Å². The molecule has 0 fully saturated rings. The molecule has 2 aromatic carbocycles. The second-order valence-corrected chi connectivity index (χ2v) is 7.90. The number of fused-ring (bicyclic) bond motifs is 6. The number of nitrogens with zero attached hydrogens (tertiary/aromatic N) is 3. The van der Waals surface area contributed by atoms with Crippen LogP contribution in [0.15, 0.2) is 42.5 Å². The Hall–Kier alpha value is -4.29. The van der Waals surface area contributed by atoms with Crippen molar-refractivity contribution in [3.63, 3.8) is 0 Å². The number of benzene rings is 2. The molecule has 3 aromatic rings. The van der Waals surface area contributed by atoms with Gasteiger partial charge in [0.1, 0.15) is 17.1 Å². The highest BCUT2D eigenvalue weighted by molar-refractivity contribution is 5.93. The van der Waals surface area contributed by atoms with Gasteiger partial charge in [-0.2, -0.15) is 28.1 Å². The zero-order chi connectivity index (χ0) is 26.3. The average molecular weight is 519 g/mol. The van der Waals surface area contributed by atoms with E-state index in [-0.39, 0.29) is 29.8 Å². The summed E-state index contributed by atoms with van der Waals surface area (Å²) in [5, 5.41) is 5.87. The van der Waals surface area contributed by atoms with E-state index in [4.69, 9.17) is 18.9 Å². The highest BCUT2D eigenvalue weighted by atomic mass is 19.4. The number of carbonyl (C=O) groups excluding carboxylic acids is 1. The van der Waals surface area contributed by atoms with E-state index in [2.05, 4.69) is 25.6 Å². The van der Waals surface area contributed by atoms with Crippen molar-refractivity contribution in [2.45, 2.75) is 25.6 Å². The lowest BCUT2D eigenvalue weighted by Crippen LogP contribution is -2.21. The maximum Gasteiger partial charge on any atom is 0.422 e. The number of hydrogen-bond acceptors (Lipinski definition) is 10. The lowest BCUT2D eigenvalue weighted by Gasteiger charge is -2.15. The SMILES string of the molecule is COC(=O)c1ccc2cc1OCCCCOc1cccc(c1)CNc1nc(nc(OCC(F)(F)F)n1)N2. The number of aromatic nitrogens is 3. The number of rotatable bonds is 3. The van der Waals surface area contributed by atoms with Gasteiger partial charge in [0.2, 0.25) is 11.9 Å². The van der Waals surface area contributed by atoms with Gasteiger partial charge in [0.05, 0.1) is 20.3 Å². The minimum atomic E-state index is -4.57. The molecule has 0 amide bonds. The van der Waals surface area contributed by atoms with E-state index in [1.165, 1.54) is 13.2 Å². The molecule has 1 aliphatic rings. The number of carbonyl (C=O) groups is 1. The van der Waals surface area contributed by atoms with Crippen molar-refractivity contribution in [3.05, 3.63) is 53.6 Å². The number of methoxy groups -OCH3 is 1. The predicted molar refractivity (Wildman–Crippen MR) is 126 cm³/mol. The summed E-state index contributed by atoms with van der Waals surface area (Å²) in [4.78, 5) is 24.3. The van der Waals surface area contributed by atoms with E-state index in [0.29, 0.717) is 31.1 Å². The van der Waals surface area contributed by atoms with E-state index >= 15 is 0 Å². The highest BCUT2D eigenvalue weighted by Crippen LogP contribution is 2.27. The van der Waals surface area contributed by atoms with Gasteiger partial charge >= 0.3 is 18.2 Å². The number of ether oxygens (including phenoxy) is 4. The normalized spacial score (nSPS) is 13.9. The minimum Gasteiger partial charge on any atom is -0.494 e. The summed E-state index contributed by atoms with van der Waals surface area (Å²) in [6, 6.07) is 11.4. The van der Waals surface area contributed by atoms with Crippen LogP contribution in [0.3, 0.4) is 0 Å². The molecule has 1 aliphatic heterocycles. The van der Waals surface area contributed by atoms with Crippen LogP contribution >= 0.6 is 0 Å². The molecular formula is C24H24F3N5O5. The Balaban J connectivity index is 1.67. The molecule has 0 aliphatic carbocycles. The molecule has 0 saturated heterocycles. The van der Waals surface area contributed by atoms with E-state index in [1.54, 1.807) is 12.1 Å². The zero-order valence-corrected chi connectivity index (χ0v) is 19.8. The first-order valence-electron chi connectivity index (χ1n) is 11.3. The molecule has 0 radical (unpaired) electrons. The number of anilines is 3. The first kappa shape index (κ1) is 25.8. The topological polar surface area (TPSA) is 117 Å². The van der Waals surface area contributed by atoms with Gasteiger partial charge in [0.15, 0.2) is 6.61 Å². The van der Waals surface area contributed by atoms with Crippen LogP contribution < -0.4 is 24.8 Å². The Morgan fingerprint density at radius 3 is 2.59 bits per heavy atom. The first-order valence-corrected chi connectivity index (χ1v) is 11.3. The van der Waals surface area contributed by atoms with Crippen molar-refractivity contribution in [2.75, 3.05) is 37.6 Å². The van der Waals surface area contributed by atoms with Gasteiger partial charge in [-0.3, -0.25) is 0 Å². The maximum absolute atomic E-state index is 12.7. The van der Waals surface area contributed by atoms with E-state index in [1.807, 2.05) is 24.3 Å². The van der Waals surface area contributed by atoms with Gasteiger partial charge in [-0.1, -0.05) is 12.1 Å². The Morgan fingerprint density at radius 2 is 1.81 bits per heavy atom. The van der Waals surface area contributed by atoms with Crippen LogP contribution in [-0.4, -0.2) is 54.0 Å². The van der Waals surface area contributed by atoms with Crippen LogP contribution in [0.1, 0.15) is 28.8 Å². The summed E-state index contributed by atoms with van der Waals surface area (Å²) in [5.41, 5.74) is 1.47. The van der Waals surface area contributed by atoms with E-state index in [9.17, 15) is 18.0 Å². The Bertz CT molecular complexity index is 1240.